The lowest BCUT2D eigenvalue weighted by Crippen LogP contribution is -2.09. The lowest BCUT2D eigenvalue weighted by atomic mass is 9.93. The number of carbonyl (C=O) groups is 1. The molecule has 0 aromatic heterocycles. The molecule has 4 rings (SSSR count). The molecule has 0 fully saturated rings. The largest absolute Gasteiger partial charge is 0.426 e. The molecule has 0 saturated heterocycles. The summed E-state index contributed by atoms with van der Waals surface area (Å²) in [7, 11) is 0. The van der Waals surface area contributed by atoms with Crippen LogP contribution in [0.3, 0.4) is 0 Å². The van der Waals surface area contributed by atoms with Crippen LogP contribution in [0, 0.1) is 0 Å². The van der Waals surface area contributed by atoms with Crippen LogP contribution in [0.2, 0.25) is 0 Å². The van der Waals surface area contributed by atoms with E-state index in [1.807, 2.05) is 42.5 Å². The van der Waals surface area contributed by atoms with Gasteiger partial charge in [0.2, 0.25) is 0 Å². The van der Waals surface area contributed by atoms with Crippen LogP contribution in [0.25, 0.3) is 32.7 Å². The quantitative estimate of drug-likeness (QED) is 0.388. The van der Waals surface area contributed by atoms with Crippen LogP contribution in [0.1, 0.15) is 12.8 Å². The first kappa shape index (κ1) is 17.3. The fourth-order valence-corrected chi connectivity index (χ4v) is 3.45. The number of esters is 1. The fourth-order valence-electron chi connectivity index (χ4n) is 3.45. The molecule has 0 aliphatic heterocycles. The highest BCUT2D eigenvalue weighted by Crippen LogP contribution is 2.40. The summed E-state index contributed by atoms with van der Waals surface area (Å²) >= 11 is 0. The van der Waals surface area contributed by atoms with Gasteiger partial charge in [-0.15, -0.1) is 0 Å². The first-order valence-corrected chi connectivity index (χ1v) is 9.09. The zero-order chi connectivity index (χ0) is 18.6. The molecule has 4 aromatic carbocycles. The smallest absolute Gasteiger partial charge is 0.311 e. The number of aliphatic hydroxyl groups is 1. The second-order valence-electron chi connectivity index (χ2n) is 6.49. The van der Waals surface area contributed by atoms with Crippen molar-refractivity contribution in [2.24, 2.45) is 0 Å². The van der Waals surface area contributed by atoms with Crippen LogP contribution < -0.4 is 4.74 Å². The lowest BCUT2D eigenvalue weighted by Gasteiger charge is -2.15. The molecule has 1 N–H and O–H groups in total. The van der Waals surface area contributed by atoms with E-state index in [0.29, 0.717) is 12.2 Å². The van der Waals surface area contributed by atoms with Gasteiger partial charge < -0.3 is 9.84 Å². The van der Waals surface area contributed by atoms with Crippen molar-refractivity contribution in [1.82, 2.24) is 0 Å². The van der Waals surface area contributed by atoms with Gasteiger partial charge in [0.15, 0.2) is 0 Å². The highest BCUT2D eigenvalue weighted by molar-refractivity contribution is 6.08. The number of ether oxygens (including phenoxy) is 1. The van der Waals surface area contributed by atoms with Gasteiger partial charge in [0.05, 0.1) is 0 Å². The topological polar surface area (TPSA) is 46.5 Å². The van der Waals surface area contributed by atoms with E-state index < -0.39 is 0 Å². The Morgan fingerprint density at radius 3 is 2.22 bits per heavy atom. The van der Waals surface area contributed by atoms with Crippen LogP contribution >= 0.6 is 0 Å². The molecule has 0 bridgehead atoms. The molecule has 0 amide bonds. The van der Waals surface area contributed by atoms with E-state index in [4.69, 9.17) is 9.84 Å². The molecule has 0 atom stereocenters. The molecule has 27 heavy (non-hydrogen) atoms. The summed E-state index contributed by atoms with van der Waals surface area (Å²) in [5, 5.41) is 13.4. The molecule has 0 heterocycles. The Hall–Kier alpha value is -3.17. The summed E-state index contributed by atoms with van der Waals surface area (Å²) in [5.41, 5.74) is 1.96. The summed E-state index contributed by atoms with van der Waals surface area (Å²) in [6.45, 7) is -0.0248. The molecule has 0 saturated carbocycles. The summed E-state index contributed by atoms with van der Waals surface area (Å²) in [5.74, 6) is 0.216. The Morgan fingerprint density at radius 2 is 1.44 bits per heavy atom. The minimum atomic E-state index is -0.333. The summed E-state index contributed by atoms with van der Waals surface area (Å²) in [6, 6.07) is 26.3. The van der Waals surface area contributed by atoms with E-state index in [1.165, 1.54) is 0 Å². The second kappa shape index (κ2) is 7.60. The summed E-state index contributed by atoms with van der Waals surface area (Å²) in [6.07, 6.45) is 0.592. The average molecular weight is 356 g/mol. The molecule has 3 heteroatoms. The highest BCUT2D eigenvalue weighted by atomic mass is 16.5. The zero-order valence-corrected chi connectivity index (χ0v) is 14.9. The Morgan fingerprint density at radius 1 is 0.778 bits per heavy atom. The van der Waals surface area contributed by atoms with Crippen LogP contribution in [-0.4, -0.2) is 17.7 Å². The number of rotatable bonds is 5. The van der Waals surface area contributed by atoms with Crippen molar-refractivity contribution in [3.05, 3.63) is 78.9 Å². The molecule has 0 spiro atoms. The van der Waals surface area contributed by atoms with Crippen molar-refractivity contribution in [3.8, 4) is 16.9 Å². The number of fused-ring (bicyclic) bond motifs is 2. The third kappa shape index (κ3) is 3.42. The van der Waals surface area contributed by atoms with E-state index in [0.717, 1.165) is 32.7 Å². The Kier molecular flexibility index (Phi) is 4.86. The van der Waals surface area contributed by atoms with Gasteiger partial charge in [-0.25, -0.2) is 0 Å². The van der Waals surface area contributed by atoms with E-state index >= 15 is 0 Å². The molecule has 4 aromatic rings. The predicted molar refractivity (Wildman–Crippen MR) is 109 cm³/mol. The lowest BCUT2D eigenvalue weighted by molar-refractivity contribution is -0.134. The molecule has 0 aliphatic rings. The van der Waals surface area contributed by atoms with Crippen molar-refractivity contribution in [3.63, 3.8) is 0 Å². The van der Waals surface area contributed by atoms with Gasteiger partial charge >= 0.3 is 5.97 Å². The van der Waals surface area contributed by atoms with Crippen LogP contribution in [-0.2, 0) is 4.79 Å². The van der Waals surface area contributed by atoms with Gasteiger partial charge in [0, 0.05) is 18.6 Å². The first-order valence-electron chi connectivity index (χ1n) is 9.09. The number of hydrogen-bond donors (Lipinski definition) is 1. The normalized spacial score (nSPS) is 11.0. The molecule has 0 aliphatic carbocycles. The SMILES string of the molecule is O=C(CCCO)Oc1ccc2ccccc2c1-c1cccc2ccccc12. The van der Waals surface area contributed by atoms with E-state index in [9.17, 15) is 4.79 Å². The Balaban J connectivity index is 1.94. The average Bonchev–Trinajstić information content (AvgIpc) is 2.72. The maximum atomic E-state index is 12.2. The number of carbonyl (C=O) groups excluding carboxylic acids is 1. The molecule has 134 valence electrons. The van der Waals surface area contributed by atoms with Crippen LogP contribution in [0.15, 0.2) is 78.9 Å². The Bertz CT molecular complexity index is 1110. The monoisotopic (exact) mass is 356 g/mol. The van der Waals surface area contributed by atoms with Gasteiger partial charge in [-0.05, 0) is 39.6 Å². The van der Waals surface area contributed by atoms with Gasteiger partial charge in [-0.2, -0.15) is 0 Å². The third-order valence-corrected chi connectivity index (χ3v) is 4.71. The second-order valence-corrected chi connectivity index (χ2v) is 6.49. The van der Waals surface area contributed by atoms with Crippen molar-refractivity contribution in [2.45, 2.75) is 12.8 Å². The van der Waals surface area contributed by atoms with Gasteiger partial charge in [-0.1, -0.05) is 72.8 Å². The molecular weight excluding hydrogens is 336 g/mol. The van der Waals surface area contributed by atoms with Crippen molar-refractivity contribution in [2.75, 3.05) is 6.61 Å². The summed E-state index contributed by atoms with van der Waals surface area (Å²) in [4.78, 5) is 12.2. The van der Waals surface area contributed by atoms with Crippen LogP contribution in [0.5, 0.6) is 5.75 Å². The van der Waals surface area contributed by atoms with Gasteiger partial charge in [0.25, 0.3) is 0 Å². The molecule has 3 nitrogen and oxygen atoms in total. The number of aliphatic hydroxyl groups excluding tert-OH is 1. The number of benzene rings is 4. The van der Waals surface area contributed by atoms with Gasteiger partial charge in [0.1, 0.15) is 5.75 Å². The van der Waals surface area contributed by atoms with Crippen LogP contribution in [0.4, 0.5) is 0 Å². The first-order chi connectivity index (χ1) is 13.3. The molecule has 0 radical (unpaired) electrons. The summed E-state index contributed by atoms with van der Waals surface area (Å²) < 4.78 is 5.71. The third-order valence-electron chi connectivity index (χ3n) is 4.71. The van der Waals surface area contributed by atoms with Gasteiger partial charge in [-0.3, -0.25) is 4.79 Å². The molecular formula is C24H20O3. The van der Waals surface area contributed by atoms with E-state index in [1.54, 1.807) is 0 Å². The Labute approximate surface area is 157 Å². The maximum Gasteiger partial charge on any atom is 0.311 e. The number of hydrogen-bond acceptors (Lipinski definition) is 3. The highest BCUT2D eigenvalue weighted by Gasteiger charge is 2.16. The standard InChI is InChI=1S/C24H20O3/c25-16-6-13-23(26)27-22-15-14-18-8-2-4-11-20(18)24(22)21-12-5-9-17-7-1-3-10-19(17)21/h1-5,7-12,14-15,25H,6,13,16H2. The maximum absolute atomic E-state index is 12.2. The fraction of sp³-hybridized carbons (Fsp3) is 0.125. The van der Waals surface area contributed by atoms with E-state index in [-0.39, 0.29) is 19.0 Å². The molecule has 0 unspecified atom stereocenters. The predicted octanol–water partition coefficient (Wildman–Crippen LogP) is 5.34. The van der Waals surface area contributed by atoms with Crippen molar-refractivity contribution in [1.29, 1.82) is 0 Å². The van der Waals surface area contributed by atoms with Crippen molar-refractivity contribution < 1.29 is 14.6 Å². The van der Waals surface area contributed by atoms with E-state index in [2.05, 4.69) is 36.4 Å². The zero-order valence-electron chi connectivity index (χ0n) is 14.9. The minimum absolute atomic E-state index is 0.0248. The van der Waals surface area contributed by atoms with Crippen molar-refractivity contribution >= 4 is 27.5 Å². The minimum Gasteiger partial charge on any atom is -0.426 e.